The minimum absolute atomic E-state index is 0.0890. The van der Waals surface area contributed by atoms with Crippen molar-refractivity contribution in [3.63, 3.8) is 0 Å². The van der Waals surface area contributed by atoms with E-state index in [4.69, 9.17) is 0 Å². The molecule has 2 heterocycles. The van der Waals surface area contributed by atoms with E-state index < -0.39 is 5.60 Å². The molecule has 2 nitrogen and oxygen atoms in total. The van der Waals surface area contributed by atoms with E-state index in [2.05, 4.69) is 68.1 Å². The Labute approximate surface area is 163 Å². The van der Waals surface area contributed by atoms with E-state index in [1.807, 2.05) is 0 Å². The summed E-state index contributed by atoms with van der Waals surface area (Å²) in [7, 11) is 0. The quantitative estimate of drug-likeness (QED) is 0.725. The van der Waals surface area contributed by atoms with Crippen molar-refractivity contribution in [2.45, 2.75) is 64.0 Å². The van der Waals surface area contributed by atoms with E-state index in [1.54, 1.807) is 5.56 Å². The Morgan fingerprint density at radius 2 is 1.67 bits per heavy atom. The molecule has 1 aliphatic carbocycles. The van der Waals surface area contributed by atoms with Crippen LogP contribution >= 0.6 is 0 Å². The van der Waals surface area contributed by atoms with Gasteiger partial charge in [0.2, 0.25) is 0 Å². The Kier molecular flexibility index (Phi) is 3.83. The lowest BCUT2D eigenvalue weighted by Gasteiger charge is -2.53. The minimum atomic E-state index is -0.591. The predicted molar refractivity (Wildman–Crippen MR) is 110 cm³/mol. The maximum Gasteiger partial charge on any atom is 0.0726 e. The molecule has 2 aliphatic heterocycles. The maximum atomic E-state index is 11.5. The first-order chi connectivity index (χ1) is 12.9. The van der Waals surface area contributed by atoms with Crippen LogP contribution in [0, 0.1) is 5.41 Å². The Balaban J connectivity index is 1.64. The van der Waals surface area contributed by atoms with Crippen LogP contribution in [0.15, 0.2) is 42.5 Å². The van der Waals surface area contributed by atoms with Crippen LogP contribution in [0.25, 0.3) is 0 Å². The van der Waals surface area contributed by atoms with Gasteiger partial charge in [-0.2, -0.15) is 0 Å². The number of fused-ring (bicyclic) bond motifs is 4. The maximum absolute atomic E-state index is 11.5. The molecule has 3 atom stereocenters. The third-order valence-electron chi connectivity index (χ3n) is 7.63. The lowest BCUT2D eigenvalue weighted by Crippen LogP contribution is -2.55. The first kappa shape index (κ1) is 17.5. The van der Waals surface area contributed by atoms with Crippen LogP contribution in [-0.4, -0.2) is 28.7 Å². The molecule has 0 bridgehead atoms. The number of nitrogens with zero attached hydrogens (tertiary/aromatic N) is 1. The standard InChI is InChI=1S/C25H31NO/c1-24(2,3)25(27)13-14-26-16-21-19-9-5-4-7-17(19)11-12-18-8-6-10-20(23(18)21)22(26)15-25/h4-10,21-22,27H,11-16H2,1-3H3/t21?,22?,25-/m0/s1. The molecule has 2 aromatic carbocycles. The molecule has 142 valence electrons. The van der Waals surface area contributed by atoms with E-state index >= 15 is 0 Å². The summed E-state index contributed by atoms with van der Waals surface area (Å²) in [5.41, 5.74) is 6.94. The van der Waals surface area contributed by atoms with Gasteiger partial charge in [-0.05, 0) is 58.9 Å². The van der Waals surface area contributed by atoms with Gasteiger partial charge >= 0.3 is 0 Å². The topological polar surface area (TPSA) is 23.5 Å². The second-order valence-electron chi connectivity index (χ2n) is 9.92. The summed E-state index contributed by atoms with van der Waals surface area (Å²) >= 11 is 0. The fourth-order valence-corrected chi connectivity index (χ4v) is 5.76. The van der Waals surface area contributed by atoms with Crippen molar-refractivity contribution < 1.29 is 5.11 Å². The average Bonchev–Trinajstić information content (AvgIpc) is 2.80. The number of hydrogen-bond donors (Lipinski definition) is 1. The summed E-state index contributed by atoms with van der Waals surface area (Å²) < 4.78 is 0. The van der Waals surface area contributed by atoms with Crippen molar-refractivity contribution in [3.05, 3.63) is 70.3 Å². The molecule has 5 rings (SSSR count). The van der Waals surface area contributed by atoms with Crippen LogP contribution < -0.4 is 0 Å². The highest BCUT2D eigenvalue weighted by molar-refractivity contribution is 5.51. The molecule has 0 spiro atoms. The lowest BCUT2D eigenvalue weighted by atomic mass is 9.66. The molecule has 0 radical (unpaired) electrons. The van der Waals surface area contributed by atoms with E-state index in [9.17, 15) is 5.11 Å². The monoisotopic (exact) mass is 361 g/mol. The van der Waals surface area contributed by atoms with Gasteiger partial charge in [0.05, 0.1) is 5.60 Å². The number of piperidine rings is 1. The summed E-state index contributed by atoms with van der Waals surface area (Å²) in [6, 6.07) is 16.3. The Bertz CT molecular complexity index is 880. The number of benzene rings is 2. The van der Waals surface area contributed by atoms with Crippen LogP contribution in [0.2, 0.25) is 0 Å². The van der Waals surface area contributed by atoms with Crippen LogP contribution in [0.4, 0.5) is 0 Å². The van der Waals surface area contributed by atoms with E-state index in [0.717, 1.165) is 38.8 Å². The molecular weight excluding hydrogens is 330 g/mol. The first-order valence-electron chi connectivity index (χ1n) is 10.5. The van der Waals surface area contributed by atoms with Crippen molar-refractivity contribution in [1.82, 2.24) is 4.90 Å². The van der Waals surface area contributed by atoms with Gasteiger partial charge in [0.15, 0.2) is 0 Å². The molecular formula is C25H31NO. The van der Waals surface area contributed by atoms with Gasteiger partial charge < -0.3 is 5.11 Å². The number of hydrogen-bond acceptors (Lipinski definition) is 2. The summed E-state index contributed by atoms with van der Waals surface area (Å²) in [6.07, 6.45) is 3.99. The predicted octanol–water partition coefficient (Wildman–Crippen LogP) is 4.84. The van der Waals surface area contributed by atoms with E-state index in [1.165, 1.54) is 22.3 Å². The Hall–Kier alpha value is -1.64. The van der Waals surface area contributed by atoms with Gasteiger partial charge in [0.25, 0.3) is 0 Å². The highest BCUT2D eigenvalue weighted by atomic mass is 16.3. The van der Waals surface area contributed by atoms with Crippen LogP contribution in [0.3, 0.4) is 0 Å². The molecule has 1 N–H and O–H groups in total. The largest absolute Gasteiger partial charge is 0.389 e. The fourth-order valence-electron chi connectivity index (χ4n) is 5.76. The van der Waals surface area contributed by atoms with Crippen LogP contribution in [-0.2, 0) is 12.8 Å². The fraction of sp³-hybridized carbons (Fsp3) is 0.520. The third-order valence-corrected chi connectivity index (χ3v) is 7.63. The minimum Gasteiger partial charge on any atom is -0.389 e. The second-order valence-corrected chi connectivity index (χ2v) is 9.92. The lowest BCUT2D eigenvalue weighted by molar-refractivity contribution is -0.119. The molecule has 0 aromatic heterocycles. The highest BCUT2D eigenvalue weighted by Crippen LogP contribution is 2.51. The molecule has 0 saturated carbocycles. The zero-order chi connectivity index (χ0) is 18.8. The highest BCUT2D eigenvalue weighted by Gasteiger charge is 2.49. The molecule has 27 heavy (non-hydrogen) atoms. The molecule has 0 amide bonds. The van der Waals surface area contributed by atoms with Crippen molar-refractivity contribution in [2.24, 2.45) is 5.41 Å². The summed E-state index contributed by atoms with van der Waals surface area (Å²) in [6.45, 7) is 8.65. The first-order valence-corrected chi connectivity index (χ1v) is 10.5. The molecule has 2 unspecified atom stereocenters. The summed E-state index contributed by atoms with van der Waals surface area (Å²) in [5, 5.41) is 11.5. The Morgan fingerprint density at radius 3 is 2.48 bits per heavy atom. The van der Waals surface area contributed by atoms with Crippen molar-refractivity contribution in [1.29, 1.82) is 0 Å². The van der Waals surface area contributed by atoms with E-state index in [-0.39, 0.29) is 5.41 Å². The average molecular weight is 362 g/mol. The van der Waals surface area contributed by atoms with Crippen molar-refractivity contribution >= 4 is 0 Å². The van der Waals surface area contributed by atoms with Crippen molar-refractivity contribution in [2.75, 3.05) is 13.1 Å². The van der Waals surface area contributed by atoms with Gasteiger partial charge in [-0.25, -0.2) is 0 Å². The zero-order valence-electron chi connectivity index (χ0n) is 16.8. The molecule has 1 saturated heterocycles. The number of aliphatic hydroxyl groups is 1. The van der Waals surface area contributed by atoms with Crippen molar-refractivity contribution in [3.8, 4) is 0 Å². The van der Waals surface area contributed by atoms with Gasteiger partial charge in [-0.15, -0.1) is 0 Å². The number of rotatable bonds is 0. The Morgan fingerprint density at radius 1 is 0.963 bits per heavy atom. The van der Waals surface area contributed by atoms with Gasteiger partial charge in [-0.1, -0.05) is 63.2 Å². The molecule has 1 fully saturated rings. The van der Waals surface area contributed by atoms with Crippen LogP contribution in [0.5, 0.6) is 0 Å². The van der Waals surface area contributed by atoms with E-state index in [0.29, 0.717) is 12.0 Å². The molecule has 2 aromatic rings. The third kappa shape index (κ3) is 2.61. The SMILES string of the molecule is CC(C)(C)[C@]1(O)CCN2CC3c4ccccc4CCc4cccc(c43)C2C1. The zero-order valence-corrected chi connectivity index (χ0v) is 16.8. The van der Waals surface area contributed by atoms with Gasteiger partial charge in [0, 0.05) is 25.0 Å². The van der Waals surface area contributed by atoms with Crippen LogP contribution in [0.1, 0.15) is 73.4 Å². The normalized spacial score (nSPS) is 30.1. The van der Waals surface area contributed by atoms with Gasteiger partial charge in [-0.3, -0.25) is 4.90 Å². The van der Waals surface area contributed by atoms with Gasteiger partial charge in [0.1, 0.15) is 0 Å². The summed E-state index contributed by atoms with van der Waals surface area (Å²) in [5.74, 6) is 0.479. The summed E-state index contributed by atoms with van der Waals surface area (Å²) in [4.78, 5) is 2.65. The molecule has 2 heteroatoms. The number of aryl methyl sites for hydroxylation is 2. The smallest absolute Gasteiger partial charge is 0.0726 e. The molecule has 3 aliphatic rings. The second kappa shape index (κ2) is 5.93.